The van der Waals surface area contributed by atoms with E-state index in [4.69, 9.17) is 5.11 Å². The fraction of sp³-hybridized carbons (Fsp3) is 0.375. The summed E-state index contributed by atoms with van der Waals surface area (Å²) in [6.45, 7) is -1.74. The first-order valence-corrected chi connectivity index (χ1v) is 4.38. The molecule has 0 unspecified atom stereocenters. The number of halogens is 4. The first kappa shape index (κ1) is 13.9. The number of H-pyrrole nitrogens is 1. The Morgan fingerprint density at radius 3 is 2.44 bits per heavy atom. The van der Waals surface area contributed by atoms with Crippen molar-refractivity contribution in [2.24, 2.45) is 0 Å². The molecule has 1 aromatic heterocycles. The first-order chi connectivity index (χ1) is 8.15. The molecule has 0 aliphatic heterocycles. The molecule has 2 N–H and O–H groups in total. The maximum Gasteiger partial charge on any atom is 0.342 e. The van der Waals surface area contributed by atoms with Gasteiger partial charge in [-0.15, -0.1) is 0 Å². The van der Waals surface area contributed by atoms with Crippen LogP contribution in [-0.2, 0) is 6.54 Å². The third-order valence-electron chi connectivity index (χ3n) is 1.94. The average Bonchev–Trinajstić information content (AvgIpc) is 2.21. The zero-order valence-electron chi connectivity index (χ0n) is 8.49. The SMILES string of the molecule is O=C(O)c1cn(CC(F)(F)C(F)F)c(=O)[nH]c1=O. The van der Waals surface area contributed by atoms with Crippen molar-refractivity contribution >= 4 is 5.97 Å². The van der Waals surface area contributed by atoms with E-state index in [1.165, 1.54) is 4.98 Å². The second kappa shape index (κ2) is 4.63. The summed E-state index contributed by atoms with van der Waals surface area (Å²) < 4.78 is 49.2. The number of nitrogens with zero attached hydrogens (tertiary/aromatic N) is 1. The summed E-state index contributed by atoms with van der Waals surface area (Å²) in [6, 6.07) is 0. The number of carbonyl (C=O) groups is 1. The molecule has 0 bridgehead atoms. The van der Waals surface area contributed by atoms with Crippen LogP contribution in [0.25, 0.3) is 0 Å². The van der Waals surface area contributed by atoms with Crippen molar-refractivity contribution in [2.75, 3.05) is 0 Å². The second-order valence-electron chi connectivity index (χ2n) is 3.30. The molecule has 0 amide bonds. The van der Waals surface area contributed by atoms with Gasteiger partial charge in [-0.25, -0.2) is 18.4 Å². The summed E-state index contributed by atoms with van der Waals surface area (Å²) in [5.74, 6) is -6.29. The van der Waals surface area contributed by atoms with E-state index < -0.39 is 41.7 Å². The van der Waals surface area contributed by atoms with Gasteiger partial charge in [0.1, 0.15) is 5.56 Å². The fourth-order valence-electron chi connectivity index (χ4n) is 1.08. The van der Waals surface area contributed by atoms with Crippen molar-refractivity contribution in [3.63, 3.8) is 0 Å². The molecule has 0 saturated carbocycles. The molecule has 0 atom stereocenters. The van der Waals surface area contributed by atoms with E-state index in [0.29, 0.717) is 6.20 Å². The lowest BCUT2D eigenvalue weighted by Crippen LogP contribution is -2.40. The van der Waals surface area contributed by atoms with Crippen LogP contribution in [0.15, 0.2) is 15.8 Å². The zero-order valence-corrected chi connectivity index (χ0v) is 8.49. The Labute approximate surface area is 95.5 Å². The van der Waals surface area contributed by atoms with Crippen LogP contribution in [0.4, 0.5) is 17.6 Å². The number of hydrogen-bond acceptors (Lipinski definition) is 3. The lowest BCUT2D eigenvalue weighted by Gasteiger charge is -2.16. The van der Waals surface area contributed by atoms with Crippen molar-refractivity contribution in [1.29, 1.82) is 0 Å². The van der Waals surface area contributed by atoms with Crippen LogP contribution in [-0.4, -0.2) is 33.0 Å². The molecule has 6 nitrogen and oxygen atoms in total. The topological polar surface area (TPSA) is 92.2 Å². The van der Waals surface area contributed by atoms with Gasteiger partial charge in [0.2, 0.25) is 0 Å². The standard InChI is InChI=1S/C8H6F4N2O4/c9-6(10)8(11,12)2-14-1-3(5(16)17)4(15)13-7(14)18/h1,6H,2H2,(H,16,17)(H,13,15,18). The summed E-state index contributed by atoms with van der Waals surface area (Å²) in [5, 5.41) is 8.52. The normalized spacial score (nSPS) is 11.8. The summed E-state index contributed by atoms with van der Waals surface area (Å²) >= 11 is 0. The maximum atomic E-state index is 12.7. The molecule has 1 aromatic rings. The largest absolute Gasteiger partial charge is 0.477 e. The molecule has 1 rings (SSSR count). The van der Waals surface area contributed by atoms with Gasteiger partial charge < -0.3 is 5.11 Å². The molecule has 0 radical (unpaired) electrons. The van der Waals surface area contributed by atoms with Gasteiger partial charge in [0.25, 0.3) is 5.56 Å². The Balaban J connectivity index is 3.27. The minimum absolute atomic E-state index is 0.0109. The van der Waals surface area contributed by atoms with Crippen LogP contribution in [0, 0.1) is 0 Å². The number of rotatable bonds is 4. The molecular formula is C8H6F4N2O4. The van der Waals surface area contributed by atoms with E-state index in [2.05, 4.69) is 0 Å². The summed E-state index contributed by atoms with van der Waals surface area (Å²) in [5.41, 5.74) is -3.70. The average molecular weight is 270 g/mol. The molecule has 0 spiro atoms. The number of aromatic nitrogens is 2. The molecule has 1 heterocycles. The van der Waals surface area contributed by atoms with Crippen LogP contribution in [0.2, 0.25) is 0 Å². The maximum absolute atomic E-state index is 12.7. The highest BCUT2D eigenvalue weighted by Crippen LogP contribution is 2.23. The van der Waals surface area contributed by atoms with Gasteiger partial charge in [-0.1, -0.05) is 0 Å². The van der Waals surface area contributed by atoms with E-state index in [-0.39, 0.29) is 4.57 Å². The Bertz CT molecular complexity index is 577. The third-order valence-corrected chi connectivity index (χ3v) is 1.94. The summed E-state index contributed by atoms with van der Waals surface area (Å²) in [4.78, 5) is 34.0. The number of alkyl halides is 4. The monoisotopic (exact) mass is 270 g/mol. The van der Waals surface area contributed by atoms with Gasteiger partial charge in [0, 0.05) is 6.20 Å². The van der Waals surface area contributed by atoms with Crippen LogP contribution < -0.4 is 11.2 Å². The Morgan fingerprint density at radius 1 is 1.44 bits per heavy atom. The summed E-state index contributed by atoms with van der Waals surface area (Å²) in [7, 11) is 0. The predicted octanol–water partition coefficient (Wildman–Crippen LogP) is 0.135. The molecule has 0 fully saturated rings. The lowest BCUT2D eigenvalue weighted by molar-refractivity contribution is -0.138. The van der Waals surface area contributed by atoms with E-state index in [9.17, 15) is 31.9 Å². The van der Waals surface area contributed by atoms with Crippen molar-refractivity contribution in [1.82, 2.24) is 9.55 Å². The van der Waals surface area contributed by atoms with E-state index in [1.54, 1.807) is 0 Å². The molecule has 0 aliphatic rings. The van der Waals surface area contributed by atoms with Crippen molar-refractivity contribution in [2.45, 2.75) is 18.9 Å². The minimum atomic E-state index is -4.52. The number of carboxylic acid groups (broad SMARTS) is 1. The van der Waals surface area contributed by atoms with Crippen LogP contribution in [0.3, 0.4) is 0 Å². The van der Waals surface area contributed by atoms with E-state index in [0.717, 1.165) is 0 Å². The number of hydrogen-bond donors (Lipinski definition) is 2. The van der Waals surface area contributed by atoms with Gasteiger partial charge >= 0.3 is 24.0 Å². The van der Waals surface area contributed by atoms with Crippen molar-refractivity contribution in [3.8, 4) is 0 Å². The van der Waals surface area contributed by atoms with Gasteiger partial charge in [0.15, 0.2) is 0 Å². The Morgan fingerprint density at radius 2 is 2.00 bits per heavy atom. The molecular weight excluding hydrogens is 264 g/mol. The number of carboxylic acids is 1. The number of aromatic carboxylic acids is 1. The van der Waals surface area contributed by atoms with Gasteiger partial charge in [-0.2, -0.15) is 8.78 Å². The van der Waals surface area contributed by atoms with Crippen molar-refractivity contribution in [3.05, 3.63) is 32.6 Å². The Kier molecular flexibility index (Phi) is 3.58. The predicted molar refractivity (Wildman–Crippen MR) is 49.2 cm³/mol. The first-order valence-electron chi connectivity index (χ1n) is 4.38. The Hall–Kier alpha value is -2.13. The molecule has 0 aliphatic carbocycles. The second-order valence-corrected chi connectivity index (χ2v) is 3.30. The molecule has 100 valence electrons. The lowest BCUT2D eigenvalue weighted by atomic mass is 10.3. The highest BCUT2D eigenvalue weighted by molar-refractivity contribution is 5.86. The summed E-state index contributed by atoms with van der Waals surface area (Å²) in [6.07, 6.45) is -3.73. The van der Waals surface area contributed by atoms with Gasteiger partial charge in [-0.05, 0) is 0 Å². The van der Waals surface area contributed by atoms with Crippen LogP contribution in [0.5, 0.6) is 0 Å². The molecule has 0 aromatic carbocycles. The highest BCUT2D eigenvalue weighted by atomic mass is 19.3. The van der Waals surface area contributed by atoms with E-state index >= 15 is 0 Å². The van der Waals surface area contributed by atoms with Gasteiger partial charge in [-0.3, -0.25) is 14.3 Å². The molecule has 10 heteroatoms. The van der Waals surface area contributed by atoms with Gasteiger partial charge in [0.05, 0.1) is 6.54 Å². The minimum Gasteiger partial charge on any atom is -0.477 e. The number of aromatic amines is 1. The van der Waals surface area contributed by atoms with Crippen molar-refractivity contribution < 1.29 is 27.5 Å². The zero-order chi connectivity index (χ0) is 14.1. The third kappa shape index (κ3) is 2.76. The van der Waals surface area contributed by atoms with E-state index in [1.807, 2.05) is 0 Å². The van der Waals surface area contributed by atoms with Crippen LogP contribution >= 0.6 is 0 Å². The molecule has 18 heavy (non-hydrogen) atoms. The fourth-order valence-corrected chi connectivity index (χ4v) is 1.08. The van der Waals surface area contributed by atoms with Crippen LogP contribution in [0.1, 0.15) is 10.4 Å². The number of nitrogens with one attached hydrogen (secondary N) is 1. The smallest absolute Gasteiger partial charge is 0.342 e. The quantitative estimate of drug-likeness (QED) is 0.761. The molecule has 0 saturated heterocycles. The highest BCUT2D eigenvalue weighted by Gasteiger charge is 2.41.